The maximum atomic E-state index is 11.8. The molecule has 0 bridgehead atoms. The predicted octanol–water partition coefficient (Wildman–Crippen LogP) is 1.55. The van der Waals surface area contributed by atoms with Gasteiger partial charge in [-0.2, -0.15) is 0 Å². The fraction of sp³-hybridized carbons (Fsp3) is 0.600. The average Bonchev–Trinajstić information content (AvgIpc) is 2.53. The maximum absolute atomic E-state index is 11.8. The van der Waals surface area contributed by atoms with Crippen molar-refractivity contribution in [1.29, 1.82) is 0 Å². The lowest BCUT2D eigenvalue weighted by Crippen LogP contribution is -2.39. The van der Waals surface area contributed by atoms with Crippen molar-refractivity contribution in [2.75, 3.05) is 5.01 Å². The molecule has 1 aliphatic carbocycles. The second-order valence-electron chi connectivity index (χ2n) is 5.68. The van der Waals surface area contributed by atoms with E-state index >= 15 is 0 Å². The SMILES string of the molecule is CCC(=O)N(N)c1nc(C(N)=O)c(C2CCCCC2)nc1C. The Morgan fingerprint density at radius 1 is 1.23 bits per heavy atom. The number of hydrogen-bond donors (Lipinski definition) is 2. The van der Waals surface area contributed by atoms with Crippen LogP contribution < -0.4 is 16.6 Å². The second-order valence-corrected chi connectivity index (χ2v) is 5.68. The van der Waals surface area contributed by atoms with Crippen LogP contribution in [0.1, 0.15) is 73.2 Å². The largest absolute Gasteiger partial charge is 0.364 e. The van der Waals surface area contributed by atoms with Gasteiger partial charge in [0, 0.05) is 12.3 Å². The van der Waals surface area contributed by atoms with Crippen molar-refractivity contribution in [3.63, 3.8) is 0 Å². The molecule has 1 aromatic rings. The number of carbonyl (C=O) groups is 2. The first kappa shape index (κ1) is 16.4. The zero-order chi connectivity index (χ0) is 16.3. The Bertz CT molecular complexity index is 582. The van der Waals surface area contributed by atoms with Crippen LogP contribution in [0, 0.1) is 6.92 Å². The molecule has 0 radical (unpaired) electrons. The first-order valence-electron chi connectivity index (χ1n) is 7.71. The molecule has 7 nitrogen and oxygen atoms in total. The molecule has 120 valence electrons. The topological polar surface area (TPSA) is 115 Å². The first-order chi connectivity index (χ1) is 10.5. The summed E-state index contributed by atoms with van der Waals surface area (Å²) in [4.78, 5) is 32.3. The Balaban J connectivity index is 2.46. The fourth-order valence-corrected chi connectivity index (χ4v) is 2.89. The van der Waals surface area contributed by atoms with Crippen LogP contribution in [-0.4, -0.2) is 21.8 Å². The van der Waals surface area contributed by atoms with Crippen LogP contribution in [0.3, 0.4) is 0 Å². The zero-order valence-corrected chi connectivity index (χ0v) is 13.1. The quantitative estimate of drug-likeness (QED) is 0.497. The Hall–Kier alpha value is -2.02. The van der Waals surface area contributed by atoms with E-state index in [0.29, 0.717) is 11.4 Å². The van der Waals surface area contributed by atoms with Gasteiger partial charge in [0.15, 0.2) is 11.5 Å². The normalized spacial score (nSPS) is 15.6. The molecule has 0 saturated heterocycles. The molecule has 0 aliphatic heterocycles. The summed E-state index contributed by atoms with van der Waals surface area (Å²) in [6, 6.07) is 0. The number of amides is 2. The Morgan fingerprint density at radius 3 is 2.41 bits per heavy atom. The van der Waals surface area contributed by atoms with Gasteiger partial charge < -0.3 is 5.73 Å². The zero-order valence-electron chi connectivity index (χ0n) is 13.1. The number of nitrogens with zero attached hydrogens (tertiary/aromatic N) is 3. The predicted molar refractivity (Wildman–Crippen MR) is 83.1 cm³/mol. The van der Waals surface area contributed by atoms with Gasteiger partial charge in [-0.3, -0.25) is 14.6 Å². The van der Waals surface area contributed by atoms with Gasteiger partial charge in [0.1, 0.15) is 0 Å². The lowest BCUT2D eigenvalue weighted by molar-refractivity contribution is -0.118. The molecule has 22 heavy (non-hydrogen) atoms. The van der Waals surface area contributed by atoms with Crippen molar-refractivity contribution < 1.29 is 9.59 Å². The van der Waals surface area contributed by atoms with E-state index in [4.69, 9.17) is 11.6 Å². The standard InChI is InChI=1S/C15H23N5O2/c1-3-11(21)20(17)15-9(2)18-12(13(19-15)14(16)22)10-7-5-4-6-8-10/h10H,3-8,17H2,1-2H3,(H2,16,22). The number of aryl methyl sites for hydroxylation is 1. The van der Waals surface area contributed by atoms with Crippen LogP contribution >= 0.6 is 0 Å². The van der Waals surface area contributed by atoms with Crippen LogP contribution in [0.4, 0.5) is 5.82 Å². The molecule has 2 amide bonds. The van der Waals surface area contributed by atoms with Gasteiger partial charge in [-0.05, 0) is 19.8 Å². The smallest absolute Gasteiger partial charge is 0.269 e. The summed E-state index contributed by atoms with van der Waals surface area (Å²) in [6.07, 6.45) is 5.63. The summed E-state index contributed by atoms with van der Waals surface area (Å²) < 4.78 is 0. The van der Waals surface area contributed by atoms with E-state index < -0.39 is 5.91 Å². The third-order valence-corrected chi connectivity index (χ3v) is 4.10. The molecule has 0 unspecified atom stereocenters. The monoisotopic (exact) mass is 305 g/mol. The van der Waals surface area contributed by atoms with Crippen molar-refractivity contribution >= 4 is 17.6 Å². The van der Waals surface area contributed by atoms with Gasteiger partial charge in [-0.1, -0.05) is 26.2 Å². The number of nitrogens with two attached hydrogens (primary N) is 2. The molecule has 1 aromatic heterocycles. The minimum absolute atomic E-state index is 0.131. The number of rotatable bonds is 4. The van der Waals surface area contributed by atoms with Gasteiger partial charge in [0.25, 0.3) is 5.91 Å². The van der Waals surface area contributed by atoms with Gasteiger partial charge in [-0.25, -0.2) is 15.8 Å². The summed E-state index contributed by atoms with van der Waals surface area (Å²) in [5.74, 6) is 5.24. The lowest BCUT2D eigenvalue weighted by Gasteiger charge is -2.24. The molecule has 7 heteroatoms. The molecule has 0 aromatic carbocycles. The Morgan fingerprint density at radius 2 is 1.86 bits per heavy atom. The van der Waals surface area contributed by atoms with E-state index in [-0.39, 0.29) is 29.8 Å². The van der Waals surface area contributed by atoms with Gasteiger partial charge >= 0.3 is 0 Å². The highest BCUT2D eigenvalue weighted by atomic mass is 16.2. The van der Waals surface area contributed by atoms with Crippen molar-refractivity contribution in [3.8, 4) is 0 Å². The third kappa shape index (κ3) is 3.24. The summed E-state index contributed by atoms with van der Waals surface area (Å²) in [7, 11) is 0. The number of aromatic nitrogens is 2. The highest BCUT2D eigenvalue weighted by Gasteiger charge is 2.26. The molecule has 1 aliphatic rings. The van der Waals surface area contributed by atoms with Crippen LogP contribution in [0.15, 0.2) is 0 Å². The highest BCUT2D eigenvalue weighted by molar-refractivity contribution is 5.95. The summed E-state index contributed by atoms with van der Waals surface area (Å²) in [5.41, 5.74) is 6.78. The van der Waals surface area contributed by atoms with Gasteiger partial charge in [0.05, 0.1) is 11.4 Å². The second kappa shape index (κ2) is 6.83. The van der Waals surface area contributed by atoms with Gasteiger partial charge in [0.2, 0.25) is 5.91 Å². The molecular formula is C15H23N5O2. The van der Waals surface area contributed by atoms with E-state index in [0.717, 1.165) is 30.7 Å². The summed E-state index contributed by atoms with van der Waals surface area (Å²) in [5, 5.41) is 0.944. The van der Waals surface area contributed by atoms with E-state index in [9.17, 15) is 9.59 Å². The number of hydrazine groups is 1. The van der Waals surface area contributed by atoms with Crippen molar-refractivity contribution in [2.24, 2.45) is 11.6 Å². The maximum Gasteiger partial charge on any atom is 0.269 e. The van der Waals surface area contributed by atoms with Crippen molar-refractivity contribution in [2.45, 2.75) is 58.3 Å². The van der Waals surface area contributed by atoms with Crippen molar-refractivity contribution in [3.05, 3.63) is 17.1 Å². The summed E-state index contributed by atoms with van der Waals surface area (Å²) >= 11 is 0. The number of primary amides is 1. The third-order valence-electron chi connectivity index (χ3n) is 4.10. The van der Waals surface area contributed by atoms with Gasteiger partial charge in [-0.15, -0.1) is 0 Å². The molecule has 1 heterocycles. The molecule has 1 saturated carbocycles. The number of anilines is 1. The minimum atomic E-state index is -0.633. The van der Waals surface area contributed by atoms with Crippen LogP contribution in [0.25, 0.3) is 0 Å². The number of hydrogen-bond acceptors (Lipinski definition) is 5. The van der Waals surface area contributed by atoms with Crippen LogP contribution in [0.2, 0.25) is 0 Å². The lowest BCUT2D eigenvalue weighted by atomic mass is 9.86. The molecule has 1 fully saturated rings. The number of carbonyl (C=O) groups excluding carboxylic acids is 2. The Kier molecular flexibility index (Phi) is 5.07. The van der Waals surface area contributed by atoms with E-state index in [1.165, 1.54) is 6.42 Å². The fourth-order valence-electron chi connectivity index (χ4n) is 2.89. The van der Waals surface area contributed by atoms with Crippen LogP contribution in [-0.2, 0) is 4.79 Å². The molecule has 2 rings (SSSR count). The molecule has 0 spiro atoms. The average molecular weight is 305 g/mol. The van der Waals surface area contributed by atoms with Crippen molar-refractivity contribution in [1.82, 2.24) is 9.97 Å². The molecule has 4 N–H and O–H groups in total. The van der Waals surface area contributed by atoms with E-state index in [1.807, 2.05) is 0 Å². The highest BCUT2D eigenvalue weighted by Crippen LogP contribution is 2.33. The first-order valence-corrected chi connectivity index (χ1v) is 7.71. The molecular weight excluding hydrogens is 282 g/mol. The van der Waals surface area contributed by atoms with E-state index in [1.54, 1.807) is 13.8 Å². The molecule has 0 atom stereocenters. The minimum Gasteiger partial charge on any atom is -0.364 e. The van der Waals surface area contributed by atoms with E-state index in [2.05, 4.69) is 9.97 Å². The van der Waals surface area contributed by atoms with Crippen LogP contribution in [0.5, 0.6) is 0 Å². The summed E-state index contributed by atoms with van der Waals surface area (Å²) in [6.45, 7) is 3.44. The Labute approximate surface area is 130 Å².